The third kappa shape index (κ3) is 2.59. The molecule has 0 N–H and O–H groups in total. The highest BCUT2D eigenvalue weighted by Crippen LogP contribution is 2.24. The lowest BCUT2D eigenvalue weighted by atomic mass is 9.90. The first-order valence-corrected chi connectivity index (χ1v) is 7.69. The van der Waals surface area contributed by atoms with Crippen LogP contribution >= 0.6 is 0 Å². The molecule has 1 aromatic rings. The Kier molecular flexibility index (Phi) is 3.79. The minimum absolute atomic E-state index is 0.132. The summed E-state index contributed by atoms with van der Waals surface area (Å²) in [5.74, 6) is 0.154. The lowest BCUT2D eigenvalue weighted by Crippen LogP contribution is -2.50. The van der Waals surface area contributed by atoms with E-state index in [0.29, 0.717) is 13.2 Å². The van der Waals surface area contributed by atoms with E-state index in [2.05, 4.69) is 19.1 Å². The van der Waals surface area contributed by atoms with E-state index in [9.17, 15) is 4.79 Å². The van der Waals surface area contributed by atoms with Crippen LogP contribution in [0.25, 0.3) is 0 Å². The molecule has 1 aliphatic carbocycles. The van der Waals surface area contributed by atoms with Crippen molar-refractivity contribution in [3.05, 3.63) is 34.9 Å². The van der Waals surface area contributed by atoms with Gasteiger partial charge < -0.3 is 9.64 Å². The highest BCUT2D eigenvalue weighted by atomic mass is 16.5. The van der Waals surface area contributed by atoms with Gasteiger partial charge in [0, 0.05) is 12.1 Å². The largest absolute Gasteiger partial charge is 0.375 e. The molecule has 1 fully saturated rings. The Bertz CT molecular complexity index is 512. The maximum absolute atomic E-state index is 12.7. The minimum atomic E-state index is 0.132. The first kappa shape index (κ1) is 13.6. The number of fused-ring (bicyclic) bond motifs is 1. The molecule has 0 spiro atoms. The van der Waals surface area contributed by atoms with Gasteiger partial charge in [0.05, 0.1) is 18.8 Å². The summed E-state index contributed by atoms with van der Waals surface area (Å²) in [6.45, 7) is 5.41. The van der Waals surface area contributed by atoms with Crippen LogP contribution in [-0.4, -0.2) is 36.1 Å². The normalized spacial score (nSPS) is 26.2. The van der Waals surface area contributed by atoms with E-state index < -0.39 is 0 Å². The zero-order valence-corrected chi connectivity index (χ0v) is 12.4. The zero-order valence-electron chi connectivity index (χ0n) is 12.4. The third-order valence-corrected chi connectivity index (χ3v) is 4.46. The van der Waals surface area contributed by atoms with Crippen molar-refractivity contribution in [2.75, 3.05) is 13.2 Å². The van der Waals surface area contributed by atoms with Crippen molar-refractivity contribution in [2.24, 2.45) is 0 Å². The lowest BCUT2D eigenvalue weighted by molar-refractivity contribution is -0.0387. The summed E-state index contributed by atoms with van der Waals surface area (Å²) in [4.78, 5) is 14.7. The SMILES string of the molecule is CC1CN(C(=O)c2ccc3c(c2)CCCC3)C(C)CO1. The van der Waals surface area contributed by atoms with Gasteiger partial charge in [0.2, 0.25) is 0 Å². The van der Waals surface area contributed by atoms with E-state index in [1.165, 1.54) is 24.0 Å². The second kappa shape index (κ2) is 5.57. The van der Waals surface area contributed by atoms with Crippen molar-refractivity contribution in [3.8, 4) is 0 Å². The van der Waals surface area contributed by atoms with Crippen molar-refractivity contribution in [1.82, 2.24) is 4.90 Å². The number of benzene rings is 1. The molecule has 0 saturated carbocycles. The molecule has 0 bridgehead atoms. The van der Waals surface area contributed by atoms with Crippen LogP contribution in [0.3, 0.4) is 0 Å². The Morgan fingerprint density at radius 1 is 1.20 bits per heavy atom. The van der Waals surface area contributed by atoms with Crippen LogP contribution in [0.2, 0.25) is 0 Å². The third-order valence-electron chi connectivity index (χ3n) is 4.46. The number of hydrogen-bond donors (Lipinski definition) is 0. The topological polar surface area (TPSA) is 29.5 Å². The van der Waals surface area contributed by atoms with Gasteiger partial charge in [0.1, 0.15) is 0 Å². The Morgan fingerprint density at radius 2 is 1.95 bits per heavy atom. The smallest absolute Gasteiger partial charge is 0.254 e. The summed E-state index contributed by atoms with van der Waals surface area (Å²) >= 11 is 0. The second-order valence-electron chi connectivity index (χ2n) is 6.14. The standard InChI is InChI=1S/C17H23NO2/c1-12-11-20-13(2)10-18(12)17(19)16-8-7-14-5-3-4-6-15(14)9-16/h7-9,12-13H,3-6,10-11H2,1-2H3. The van der Waals surface area contributed by atoms with Gasteiger partial charge in [-0.25, -0.2) is 0 Å². The van der Waals surface area contributed by atoms with Crippen LogP contribution in [0.15, 0.2) is 18.2 Å². The maximum Gasteiger partial charge on any atom is 0.254 e. The quantitative estimate of drug-likeness (QED) is 0.787. The molecule has 2 unspecified atom stereocenters. The average molecular weight is 273 g/mol. The fraction of sp³-hybridized carbons (Fsp3) is 0.588. The van der Waals surface area contributed by atoms with Gasteiger partial charge in [-0.15, -0.1) is 0 Å². The minimum Gasteiger partial charge on any atom is -0.375 e. The van der Waals surface area contributed by atoms with Crippen LogP contribution in [0.4, 0.5) is 0 Å². The highest BCUT2D eigenvalue weighted by Gasteiger charge is 2.28. The van der Waals surface area contributed by atoms with E-state index >= 15 is 0 Å². The van der Waals surface area contributed by atoms with Gasteiger partial charge in [0.15, 0.2) is 0 Å². The van der Waals surface area contributed by atoms with Crippen molar-refractivity contribution in [1.29, 1.82) is 0 Å². The maximum atomic E-state index is 12.7. The van der Waals surface area contributed by atoms with E-state index in [-0.39, 0.29) is 18.1 Å². The molecular formula is C17H23NO2. The molecule has 1 heterocycles. The van der Waals surface area contributed by atoms with Gasteiger partial charge in [-0.2, -0.15) is 0 Å². The molecule has 1 amide bonds. The molecular weight excluding hydrogens is 250 g/mol. The van der Waals surface area contributed by atoms with Gasteiger partial charge in [-0.1, -0.05) is 6.07 Å². The number of carbonyl (C=O) groups excluding carboxylic acids is 1. The Morgan fingerprint density at radius 3 is 2.75 bits per heavy atom. The molecule has 2 atom stereocenters. The van der Waals surface area contributed by atoms with Gasteiger partial charge in [-0.05, 0) is 62.8 Å². The summed E-state index contributed by atoms with van der Waals surface area (Å²) in [6, 6.07) is 6.42. The van der Waals surface area contributed by atoms with Crippen molar-refractivity contribution in [2.45, 2.75) is 51.7 Å². The van der Waals surface area contributed by atoms with E-state index in [0.717, 1.165) is 18.4 Å². The number of aryl methyl sites for hydroxylation is 2. The summed E-state index contributed by atoms with van der Waals surface area (Å²) in [7, 11) is 0. The van der Waals surface area contributed by atoms with Crippen molar-refractivity contribution in [3.63, 3.8) is 0 Å². The number of hydrogen-bond acceptors (Lipinski definition) is 2. The molecule has 3 nitrogen and oxygen atoms in total. The number of amides is 1. The van der Waals surface area contributed by atoms with Crippen LogP contribution in [-0.2, 0) is 17.6 Å². The molecule has 1 saturated heterocycles. The monoisotopic (exact) mass is 273 g/mol. The Balaban J connectivity index is 1.82. The van der Waals surface area contributed by atoms with E-state index in [1.807, 2.05) is 17.9 Å². The first-order chi connectivity index (χ1) is 9.65. The number of rotatable bonds is 1. The molecule has 0 radical (unpaired) electrons. The molecule has 1 aromatic carbocycles. The molecule has 20 heavy (non-hydrogen) atoms. The van der Waals surface area contributed by atoms with E-state index in [1.54, 1.807) is 0 Å². The van der Waals surface area contributed by atoms with Crippen LogP contribution in [0, 0.1) is 0 Å². The summed E-state index contributed by atoms with van der Waals surface area (Å²) in [5.41, 5.74) is 3.64. The van der Waals surface area contributed by atoms with E-state index in [4.69, 9.17) is 4.74 Å². The number of morpholine rings is 1. The highest BCUT2D eigenvalue weighted by molar-refractivity contribution is 5.94. The lowest BCUT2D eigenvalue weighted by Gasteiger charge is -2.37. The predicted octanol–water partition coefficient (Wildman–Crippen LogP) is 2.81. The molecule has 108 valence electrons. The summed E-state index contributed by atoms with van der Waals surface area (Å²) in [6.07, 6.45) is 4.93. The fourth-order valence-corrected chi connectivity index (χ4v) is 3.22. The molecule has 2 aliphatic rings. The number of carbonyl (C=O) groups is 1. The predicted molar refractivity (Wildman–Crippen MR) is 79.0 cm³/mol. The second-order valence-corrected chi connectivity index (χ2v) is 6.14. The van der Waals surface area contributed by atoms with Gasteiger partial charge >= 0.3 is 0 Å². The average Bonchev–Trinajstić information content (AvgIpc) is 2.48. The summed E-state index contributed by atoms with van der Waals surface area (Å²) < 4.78 is 5.60. The number of ether oxygens (including phenoxy) is 1. The molecule has 0 aromatic heterocycles. The van der Waals surface area contributed by atoms with Gasteiger partial charge in [0.25, 0.3) is 5.91 Å². The molecule has 1 aliphatic heterocycles. The molecule has 3 rings (SSSR count). The Hall–Kier alpha value is -1.35. The molecule has 3 heteroatoms. The fourth-order valence-electron chi connectivity index (χ4n) is 3.22. The van der Waals surface area contributed by atoms with Crippen molar-refractivity contribution < 1.29 is 9.53 Å². The van der Waals surface area contributed by atoms with Crippen LogP contribution < -0.4 is 0 Å². The zero-order chi connectivity index (χ0) is 14.1. The Labute approximate surface area is 120 Å². The van der Waals surface area contributed by atoms with Crippen LogP contribution in [0.1, 0.15) is 48.2 Å². The number of nitrogens with zero attached hydrogens (tertiary/aromatic N) is 1. The van der Waals surface area contributed by atoms with Crippen molar-refractivity contribution >= 4 is 5.91 Å². The van der Waals surface area contributed by atoms with Gasteiger partial charge in [-0.3, -0.25) is 4.79 Å². The first-order valence-electron chi connectivity index (χ1n) is 7.69. The van der Waals surface area contributed by atoms with Crippen LogP contribution in [0.5, 0.6) is 0 Å². The summed E-state index contributed by atoms with van der Waals surface area (Å²) in [5, 5.41) is 0.